The summed E-state index contributed by atoms with van der Waals surface area (Å²) in [5.41, 5.74) is 5.40. The van der Waals surface area contributed by atoms with E-state index >= 15 is 0 Å². The minimum atomic E-state index is -0.351. The number of halogens is 2. The maximum atomic E-state index is 14.8. The highest BCUT2D eigenvalue weighted by Crippen LogP contribution is 2.34. The van der Waals surface area contributed by atoms with E-state index in [-0.39, 0.29) is 11.7 Å². The lowest BCUT2D eigenvalue weighted by molar-refractivity contribution is 0.0634. The highest BCUT2D eigenvalue weighted by molar-refractivity contribution is 6.31. The van der Waals surface area contributed by atoms with Gasteiger partial charge in [0.15, 0.2) is 0 Å². The van der Waals surface area contributed by atoms with E-state index in [0.717, 1.165) is 62.5 Å². The van der Waals surface area contributed by atoms with Crippen molar-refractivity contribution in [1.29, 1.82) is 0 Å². The molecule has 3 aromatic carbocycles. The Kier molecular flexibility index (Phi) is 8.97. The van der Waals surface area contributed by atoms with E-state index < -0.39 is 0 Å². The monoisotopic (exact) mass is 611 g/mol. The van der Waals surface area contributed by atoms with Gasteiger partial charge in [-0.05, 0) is 82.1 Å². The molecule has 1 fully saturated rings. The van der Waals surface area contributed by atoms with Crippen LogP contribution in [-0.4, -0.2) is 89.7 Å². The van der Waals surface area contributed by atoms with Crippen LogP contribution in [0, 0.1) is 5.82 Å². The number of carbonyl (C=O) groups excluding carboxylic acids is 1. The lowest BCUT2D eigenvalue weighted by atomic mass is 9.95. The number of fused-ring (bicyclic) bond motifs is 3. The Morgan fingerprint density at radius 3 is 2.50 bits per heavy atom. The van der Waals surface area contributed by atoms with E-state index in [9.17, 15) is 9.18 Å². The third-order valence-electron chi connectivity index (χ3n) is 8.02. The number of aromatic nitrogens is 2. The summed E-state index contributed by atoms with van der Waals surface area (Å²) in [5.74, 6) is 0.103. The van der Waals surface area contributed by atoms with Gasteiger partial charge in [0.05, 0.1) is 18.0 Å². The molecule has 1 N–H and O–H groups in total. The van der Waals surface area contributed by atoms with Crippen molar-refractivity contribution in [3.63, 3.8) is 0 Å². The number of hydrogen-bond acceptors (Lipinski definition) is 7. The van der Waals surface area contributed by atoms with E-state index in [1.165, 1.54) is 6.07 Å². The topological polar surface area (TPSA) is 77.0 Å². The van der Waals surface area contributed by atoms with Crippen LogP contribution < -0.4 is 5.32 Å². The summed E-state index contributed by atoms with van der Waals surface area (Å²) in [4.78, 5) is 33.9. The highest BCUT2D eigenvalue weighted by Gasteiger charge is 2.24. The molecule has 2 aliphatic rings. The summed E-state index contributed by atoms with van der Waals surface area (Å²) in [6, 6.07) is 19.5. The standard InChI is InChI=1S/C34H35ClFN7O/c1-41(2)14-5-15-42-16-18-43(19-17-42)33(44)23-8-11-26(12-9-23)39-34-38-22-24-21-37-32(28-6-3-4-7-30(28)36)29-20-25(35)10-13-27(29)31(24)40-34/h3-4,6-13,20,22H,5,14-19,21H2,1-2H3,(H,38,39,40). The van der Waals surface area contributed by atoms with Crippen molar-refractivity contribution in [1.82, 2.24) is 24.7 Å². The third-order valence-corrected chi connectivity index (χ3v) is 8.26. The second-order valence-corrected chi connectivity index (χ2v) is 11.8. The minimum absolute atomic E-state index is 0.0479. The number of amides is 1. The van der Waals surface area contributed by atoms with Crippen molar-refractivity contribution >= 4 is 34.9 Å². The van der Waals surface area contributed by atoms with Gasteiger partial charge in [0.1, 0.15) is 5.82 Å². The zero-order chi connectivity index (χ0) is 30.6. The summed E-state index contributed by atoms with van der Waals surface area (Å²) in [6.07, 6.45) is 2.88. The fourth-order valence-corrected chi connectivity index (χ4v) is 5.83. The lowest BCUT2D eigenvalue weighted by Crippen LogP contribution is -2.49. The summed E-state index contributed by atoms with van der Waals surface area (Å²) in [5, 5.41) is 3.79. The van der Waals surface area contributed by atoms with Crippen LogP contribution >= 0.6 is 11.6 Å². The van der Waals surface area contributed by atoms with Crippen LogP contribution in [0.5, 0.6) is 0 Å². The van der Waals surface area contributed by atoms with Crippen LogP contribution in [0.25, 0.3) is 11.3 Å². The quantitative estimate of drug-likeness (QED) is 0.274. The van der Waals surface area contributed by atoms with Gasteiger partial charge < -0.3 is 15.1 Å². The average molecular weight is 612 g/mol. The number of rotatable bonds is 8. The molecule has 0 atom stereocenters. The largest absolute Gasteiger partial charge is 0.336 e. The van der Waals surface area contributed by atoms with Crippen LogP contribution in [0.15, 0.2) is 77.9 Å². The predicted molar refractivity (Wildman–Crippen MR) is 173 cm³/mol. The maximum absolute atomic E-state index is 14.8. The first-order valence-corrected chi connectivity index (χ1v) is 15.2. The van der Waals surface area contributed by atoms with Crippen molar-refractivity contribution < 1.29 is 9.18 Å². The van der Waals surface area contributed by atoms with Crippen molar-refractivity contribution in [2.45, 2.75) is 13.0 Å². The maximum Gasteiger partial charge on any atom is 0.253 e. The molecular weight excluding hydrogens is 577 g/mol. The average Bonchev–Trinajstić information content (AvgIpc) is 3.18. The fraction of sp³-hybridized carbons (Fsp3) is 0.294. The third kappa shape index (κ3) is 6.65. The second kappa shape index (κ2) is 13.2. The van der Waals surface area contributed by atoms with Gasteiger partial charge in [0.25, 0.3) is 5.91 Å². The van der Waals surface area contributed by atoms with Gasteiger partial charge in [-0.25, -0.2) is 14.4 Å². The molecule has 6 rings (SSSR count). The van der Waals surface area contributed by atoms with E-state index in [0.29, 0.717) is 45.6 Å². The van der Waals surface area contributed by atoms with Crippen molar-refractivity contribution in [3.8, 4) is 11.3 Å². The molecule has 44 heavy (non-hydrogen) atoms. The van der Waals surface area contributed by atoms with Gasteiger partial charge in [0.2, 0.25) is 5.95 Å². The van der Waals surface area contributed by atoms with Crippen LogP contribution in [0.3, 0.4) is 0 Å². The molecule has 226 valence electrons. The minimum Gasteiger partial charge on any atom is -0.336 e. The summed E-state index contributed by atoms with van der Waals surface area (Å²) in [6.45, 7) is 5.70. The van der Waals surface area contributed by atoms with Gasteiger partial charge >= 0.3 is 0 Å². The van der Waals surface area contributed by atoms with E-state index in [1.807, 2.05) is 35.2 Å². The molecule has 0 radical (unpaired) electrons. The van der Waals surface area contributed by atoms with Gasteiger partial charge in [0, 0.05) is 70.9 Å². The molecule has 0 bridgehead atoms. The number of nitrogens with one attached hydrogen (secondary N) is 1. The van der Waals surface area contributed by atoms with Crippen LogP contribution in [0.4, 0.5) is 16.0 Å². The zero-order valence-electron chi connectivity index (χ0n) is 24.9. The number of hydrogen-bond donors (Lipinski definition) is 1. The predicted octanol–water partition coefficient (Wildman–Crippen LogP) is 5.74. The summed E-state index contributed by atoms with van der Waals surface area (Å²) < 4.78 is 14.8. The molecule has 8 nitrogen and oxygen atoms in total. The van der Waals surface area contributed by atoms with Gasteiger partial charge in [-0.3, -0.25) is 14.7 Å². The molecule has 2 aliphatic heterocycles. The van der Waals surface area contributed by atoms with Gasteiger partial charge in [-0.2, -0.15) is 0 Å². The van der Waals surface area contributed by atoms with Crippen molar-refractivity contribution in [2.24, 2.45) is 4.99 Å². The normalized spacial score (nSPS) is 14.9. The number of piperazine rings is 1. The Morgan fingerprint density at radius 2 is 1.75 bits per heavy atom. The second-order valence-electron chi connectivity index (χ2n) is 11.4. The first-order chi connectivity index (χ1) is 21.4. The molecular formula is C34H35ClFN7O. The van der Waals surface area contributed by atoms with Crippen LogP contribution in [-0.2, 0) is 6.54 Å². The first kappa shape index (κ1) is 29.9. The molecule has 0 spiro atoms. The Morgan fingerprint density at radius 1 is 0.977 bits per heavy atom. The SMILES string of the molecule is CN(C)CCCN1CCN(C(=O)c2ccc(Nc3ncc4c(n3)-c3ccc(Cl)cc3C(c3ccccc3F)=NC4)cc2)CC1. The Bertz CT molecular complexity index is 1680. The molecule has 1 saturated heterocycles. The van der Waals surface area contributed by atoms with Gasteiger partial charge in [-0.1, -0.05) is 29.8 Å². The molecule has 0 saturated carbocycles. The fourth-order valence-electron chi connectivity index (χ4n) is 5.66. The lowest BCUT2D eigenvalue weighted by Gasteiger charge is -2.35. The van der Waals surface area contributed by atoms with Crippen LogP contribution in [0.1, 0.15) is 33.5 Å². The number of nitrogens with zero attached hydrogens (tertiary/aromatic N) is 6. The van der Waals surface area contributed by atoms with E-state index in [2.05, 4.69) is 34.2 Å². The number of carbonyl (C=O) groups is 1. The Labute approximate surface area is 262 Å². The molecule has 0 aliphatic carbocycles. The first-order valence-electron chi connectivity index (χ1n) is 14.8. The van der Waals surface area contributed by atoms with Gasteiger partial charge in [-0.15, -0.1) is 0 Å². The Balaban J connectivity index is 1.16. The van der Waals surface area contributed by atoms with E-state index in [4.69, 9.17) is 21.6 Å². The molecule has 4 aromatic rings. The van der Waals surface area contributed by atoms with Crippen molar-refractivity contribution in [2.75, 3.05) is 58.7 Å². The molecule has 1 amide bonds. The summed E-state index contributed by atoms with van der Waals surface area (Å²) in [7, 11) is 4.19. The van der Waals surface area contributed by atoms with Crippen LogP contribution in [0.2, 0.25) is 5.02 Å². The zero-order valence-corrected chi connectivity index (χ0v) is 25.7. The van der Waals surface area contributed by atoms with Crippen molar-refractivity contribution in [3.05, 3.63) is 106 Å². The number of benzene rings is 3. The molecule has 10 heteroatoms. The number of aliphatic imine (C=N–C) groups is 1. The smallest absolute Gasteiger partial charge is 0.253 e. The Hall–Kier alpha value is -4.18. The molecule has 0 unspecified atom stereocenters. The molecule has 1 aromatic heterocycles. The van der Waals surface area contributed by atoms with E-state index in [1.54, 1.807) is 36.5 Å². The number of anilines is 2. The summed E-state index contributed by atoms with van der Waals surface area (Å²) >= 11 is 6.38. The highest BCUT2D eigenvalue weighted by atomic mass is 35.5. The molecule has 3 heterocycles.